The van der Waals surface area contributed by atoms with Crippen molar-refractivity contribution in [2.24, 2.45) is 0 Å². The molecule has 0 aliphatic rings. The quantitative estimate of drug-likeness (QED) is 0.498. The Morgan fingerprint density at radius 2 is 1.76 bits per heavy atom. The van der Waals surface area contributed by atoms with Crippen molar-refractivity contribution in [3.63, 3.8) is 0 Å². The van der Waals surface area contributed by atoms with Crippen molar-refractivity contribution < 1.29 is 18.0 Å². The maximum absolute atomic E-state index is 13.6. The summed E-state index contributed by atoms with van der Waals surface area (Å²) in [5.41, 5.74) is 2.67. The fourth-order valence-electron chi connectivity index (χ4n) is 3.65. The molecule has 2 rings (SSSR count). The topological polar surface area (TPSA) is 86.8 Å². The number of sulfonamides is 1. The van der Waals surface area contributed by atoms with E-state index < -0.39 is 28.5 Å². The molecule has 1 N–H and O–H groups in total. The van der Waals surface area contributed by atoms with Crippen LogP contribution in [0.4, 0.5) is 5.69 Å². The average molecular weight is 529 g/mol. The average Bonchev–Trinajstić information content (AvgIpc) is 2.75. The maximum atomic E-state index is 13.6. The van der Waals surface area contributed by atoms with E-state index in [0.717, 1.165) is 21.7 Å². The zero-order valence-electron chi connectivity index (χ0n) is 20.1. The van der Waals surface area contributed by atoms with Gasteiger partial charge in [0.15, 0.2) is 0 Å². The smallest absolute Gasteiger partial charge is 0.244 e. The van der Waals surface area contributed by atoms with E-state index >= 15 is 0 Å². The van der Waals surface area contributed by atoms with Crippen LogP contribution in [0, 0.1) is 13.8 Å². The molecule has 2 aromatic carbocycles. The minimum Gasteiger partial charge on any atom is -0.355 e. The number of aryl methyl sites for hydroxylation is 1. The van der Waals surface area contributed by atoms with E-state index in [4.69, 9.17) is 23.2 Å². The largest absolute Gasteiger partial charge is 0.355 e. The van der Waals surface area contributed by atoms with Crippen LogP contribution in [0.15, 0.2) is 36.4 Å². The Labute approximate surface area is 212 Å². The van der Waals surface area contributed by atoms with E-state index in [2.05, 4.69) is 5.32 Å². The molecule has 0 aromatic heterocycles. The van der Waals surface area contributed by atoms with Crippen molar-refractivity contribution in [2.45, 2.75) is 46.7 Å². The van der Waals surface area contributed by atoms with Gasteiger partial charge in [0, 0.05) is 23.1 Å². The molecule has 2 aromatic rings. The van der Waals surface area contributed by atoms with Crippen molar-refractivity contribution in [2.75, 3.05) is 23.7 Å². The lowest BCUT2D eigenvalue weighted by atomic mass is 10.1. The molecule has 34 heavy (non-hydrogen) atoms. The summed E-state index contributed by atoms with van der Waals surface area (Å²) in [6.07, 6.45) is 1.40. The molecule has 0 fully saturated rings. The van der Waals surface area contributed by atoms with Crippen LogP contribution in [0.3, 0.4) is 0 Å². The summed E-state index contributed by atoms with van der Waals surface area (Å²) in [4.78, 5) is 27.8. The first-order valence-electron chi connectivity index (χ1n) is 11.0. The summed E-state index contributed by atoms with van der Waals surface area (Å²) < 4.78 is 26.5. The summed E-state index contributed by atoms with van der Waals surface area (Å²) in [6, 6.07) is 9.38. The first kappa shape index (κ1) is 28.0. The first-order valence-corrected chi connectivity index (χ1v) is 13.6. The van der Waals surface area contributed by atoms with Crippen LogP contribution in [-0.2, 0) is 26.2 Å². The Hall–Kier alpha value is -2.29. The summed E-state index contributed by atoms with van der Waals surface area (Å²) in [5, 5.41) is 3.55. The molecule has 10 heteroatoms. The molecule has 0 saturated carbocycles. The van der Waals surface area contributed by atoms with Crippen molar-refractivity contribution in [1.82, 2.24) is 10.2 Å². The second kappa shape index (κ2) is 11.9. The maximum Gasteiger partial charge on any atom is 0.244 e. The molecule has 0 heterocycles. The van der Waals surface area contributed by atoms with Gasteiger partial charge in [-0.15, -0.1) is 0 Å². The van der Waals surface area contributed by atoms with Crippen LogP contribution >= 0.6 is 23.2 Å². The number of amides is 2. The van der Waals surface area contributed by atoms with Gasteiger partial charge in [-0.2, -0.15) is 0 Å². The van der Waals surface area contributed by atoms with Gasteiger partial charge in [0.25, 0.3) is 0 Å². The molecule has 7 nitrogen and oxygen atoms in total. The molecule has 0 bridgehead atoms. The van der Waals surface area contributed by atoms with Crippen LogP contribution in [0.25, 0.3) is 0 Å². The highest BCUT2D eigenvalue weighted by Crippen LogP contribution is 2.27. The Morgan fingerprint density at radius 1 is 1.09 bits per heavy atom. The minimum absolute atomic E-state index is 0.0227. The molecular weight excluding hydrogens is 497 g/mol. The Kier molecular flexibility index (Phi) is 9.79. The molecule has 2 amide bonds. The molecule has 0 spiro atoms. The third-order valence-corrected chi connectivity index (χ3v) is 7.33. The summed E-state index contributed by atoms with van der Waals surface area (Å²) >= 11 is 12.4. The number of anilines is 1. The number of nitrogens with one attached hydrogen (secondary N) is 1. The SMILES string of the molecule is CCNC(=O)C(CC)N(Cc1ccc(Cl)cc1Cl)C(=O)CN(c1cccc(C)c1C)S(C)(=O)=O. The number of hydrogen-bond donors (Lipinski definition) is 1. The van der Waals surface area contributed by atoms with Gasteiger partial charge in [-0.05, 0) is 62.1 Å². The van der Waals surface area contributed by atoms with Crippen molar-refractivity contribution in [1.29, 1.82) is 0 Å². The predicted molar refractivity (Wildman–Crippen MR) is 138 cm³/mol. The zero-order chi connectivity index (χ0) is 25.6. The van der Waals surface area contributed by atoms with Gasteiger partial charge in [-0.1, -0.05) is 48.3 Å². The molecule has 0 saturated heterocycles. The van der Waals surface area contributed by atoms with Crippen LogP contribution in [0.5, 0.6) is 0 Å². The lowest BCUT2D eigenvalue weighted by Gasteiger charge is -2.33. The van der Waals surface area contributed by atoms with E-state index in [0.29, 0.717) is 34.3 Å². The third-order valence-electron chi connectivity index (χ3n) is 5.62. The summed E-state index contributed by atoms with van der Waals surface area (Å²) in [7, 11) is -3.79. The van der Waals surface area contributed by atoms with Crippen molar-refractivity contribution in [3.05, 3.63) is 63.1 Å². The number of rotatable bonds is 10. The molecule has 0 aliphatic carbocycles. The second-order valence-electron chi connectivity index (χ2n) is 8.06. The van der Waals surface area contributed by atoms with Gasteiger partial charge in [-0.3, -0.25) is 13.9 Å². The first-order chi connectivity index (χ1) is 15.9. The standard InChI is InChI=1S/C24H31Cl2N3O4S/c1-6-21(24(31)27-7-2)28(14-18-11-12-19(25)13-20(18)26)23(30)15-29(34(5,32)33)22-10-8-9-16(3)17(22)4/h8-13,21H,6-7,14-15H2,1-5H3,(H,27,31). The van der Waals surface area contributed by atoms with Crippen LogP contribution < -0.4 is 9.62 Å². The van der Waals surface area contributed by atoms with Gasteiger partial charge in [0.2, 0.25) is 21.8 Å². The number of nitrogens with zero attached hydrogens (tertiary/aromatic N) is 2. The molecular formula is C24H31Cl2N3O4S. The number of benzene rings is 2. The lowest BCUT2D eigenvalue weighted by molar-refractivity contribution is -0.140. The molecule has 186 valence electrons. The fraction of sp³-hybridized carbons (Fsp3) is 0.417. The van der Waals surface area contributed by atoms with Gasteiger partial charge in [0.1, 0.15) is 12.6 Å². The molecule has 0 radical (unpaired) electrons. The van der Waals surface area contributed by atoms with Crippen LogP contribution in [0.1, 0.15) is 37.0 Å². The van der Waals surface area contributed by atoms with Crippen molar-refractivity contribution >= 4 is 50.7 Å². The Morgan fingerprint density at radius 3 is 2.32 bits per heavy atom. The van der Waals surface area contributed by atoms with Crippen LogP contribution in [-0.4, -0.2) is 50.5 Å². The summed E-state index contributed by atoms with van der Waals surface area (Å²) in [5.74, 6) is -0.837. The molecule has 0 aliphatic heterocycles. The second-order valence-corrected chi connectivity index (χ2v) is 10.8. The van der Waals surface area contributed by atoms with E-state index in [1.165, 1.54) is 4.90 Å². The normalized spacial score (nSPS) is 12.2. The number of carbonyl (C=O) groups excluding carboxylic acids is 2. The molecule has 1 atom stereocenters. The number of hydrogen-bond acceptors (Lipinski definition) is 4. The number of carbonyl (C=O) groups is 2. The number of halogens is 2. The van der Waals surface area contributed by atoms with Gasteiger partial charge in [0.05, 0.1) is 11.9 Å². The lowest BCUT2D eigenvalue weighted by Crippen LogP contribution is -2.52. The van der Waals surface area contributed by atoms with E-state index in [1.54, 1.807) is 44.2 Å². The Bertz CT molecular complexity index is 1150. The fourth-order valence-corrected chi connectivity index (χ4v) is 5.01. The molecule has 1 unspecified atom stereocenters. The highest BCUT2D eigenvalue weighted by Gasteiger charge is 2.32. The van der Waals surface area contributed by atoms with E-state index in [1.807, 2.05) is 19.9 Å². The zero-order valence-corrected chi connectivity index (χ0v) is 22.4. The summed E-state index contributed by atoms with van der Waals surface area (Å²) in [6.45, 7) is 7.23. The highest BCUT2D eigenvalue weighted by atomic mass is 35.5. The highest BCUT2D eigenvalue weighted by molar-refractivity contribution is 7.92. The van der Waals surface area contributed by atoms with Crippen molar-refractivity contribution in [3.8, 4) is 0 Å². The number of likely N-dealkylation sites (N-methyl/N-ethyl adjacent to an activating group) is 1. The monoisotopic (exact) mass is 527 g/mol. The predicted octanol–water partition coefficient (Wildman–Crippen LogP) is 4.32. The minimum atomic E-state index is -3.79. The van der Waals surface area contributed by atoms with E-state index in [9.17, 15) is 18.0 Å². The van der Waals surface area contributed by atoms with Gasteiger partial charge in [-0.25, -0.2) is 8.42 Å². The van der Waals surface area contributed by atoms with Crippen LogP contribution in [0.2, 0.25) is 10.0 Å². The van der Waals surface area contributed by atoms with Gasteiger partial charge >= 0.3 is 0 Å². The Balaban J connectivity index is 2.51. The van der Waals surface area contributed by atoms with Gasteiger partial charge < -0.3 is 10.2 Å². The van der Waals surface area contributed by atoms with E-state index in [-0.39, 0.29) is 12.5 Å². The third kappa shape index (κ3) is 6.87.